The Kier molecular flexibility index (Phi) is 1.34. The molecule has 1 aliphatic carbocycles. The molecule has 0 radical (unpaired) electrons. The summed E-state index contributed by atoms with van der Waals surface area (Å²) < 4.78 is -0.348. The largest absolute Gasteiger partial charge is 0.285 e. The molecule has 56 valence electrons. The van der Waals surface area contributed by atoms with Crippen LogP contribution in [0.15, 0.2) is 0 Å². The molecule has 1 saturated heterocycles. The predicted octanol–water partition coefficient (Wildman–Crippen LogP) is 2.36. The van der Waals surface area contributed by atoms with E-state index >= 15 is 0 Å². The molecule has 2 fully saturated rings. The monoisotopic (exact) mass is 196 g/mol. The van der Waals surface area contributed by atoms with E-state index in [0.717, 1.165) is 12.8 Å². The number of carbonyl (C=O) groups excluding carboxylic acids is 1. The fourth-order valence-corrected chi connectivity index (χ4v) is 3.83. The Morgan fingerprint density at radius 3 is 2.30 bits per heavy atom. The third-order valence-electron chi connectivity index (χ3n) is 2.08. The Labute approximate surface area is 73.4 Å². The van der Waals surface area contributed by atoms with Gasteiger partial charge in [-0.15, -0.1) is 23.2 Å². The van der Waals surface area contributed by atoms with Crippen LogP contribution in [0.25, 0.3) is 0 Å². The van der Waals surface area contributed by atoms with Gasteiger partial charge in [-0.2, -0.15) is 0 Å². The van der Waals surface area contributed by atoms with Crippen LogP contribution < -0.4 is 0 Å². The van der Waals surface area contributed by atoms with Gasteiger partial charge < -0.3 is 0 Å². The molecule has 0 aromatic carbocycles. The van der Waals surface area contributed by atoms with E-state index in [4.69, 9.17) is 23.2 Å². The zero-order valence-electron chi connectivity index (χ0n) is 5.19. The quantitative estimate of drug-likeness (QED) is 0.554. The number of thioether (sulfide) groups is 1. The molecule has 2 bridgehead atoms. The second-order valence-corrected chi connectivity index (χ2v) is 5.94. The maximum atomic E-state index is 11.1. The second-order valence-electron chi connectivity index (χ2n) is 2.91. The van der Waals surface area contributed by atoms with Crippen LogP contribution >= 0.6 is 35.0 Å². The minimum atomic E-state index is -0.605. The lowest BCUT2D eigenvalue weighted by Gasteiger charge is -2.16. The van der Waals surface area contributed by atoms with Crippen LogP contribution in [0, 0.1) is 0 Å². The van der Waals surface area contributed by atoms with Crippen LogP contribution in [0.1, 0.15) is 19.3 Å². The molecular formula is C6H6Cl2OS. The Hall–Kier alpha value is 0.600. The summed E-state index contributed by atoms with van der Waals surface area (Å²) in [5.41, 5.74) is 0. The van der Waals surface area contributed by atoms with E-state index in [0.29, 0.717) is 6.42 Å². The van der Waals surface area contributed by atoms with E-state index in [9.17, 15) is 4.79 Å². The van der Waals surface area contributed by atoms with Crippen molar-refractivity contribution in [1.29, 1.82) is 0 Å². The minimum absolute atomic E-state index is 0.0652. The van der Waals surface area contributed by atoms with Crippen molar-refractivity contribution in [2.24, 2.45) is 0 Å². The Bertz CT molecular complexity index is 208. The molecule has 2 unspecified atom stereocenters. The maximum absolute atomic E-state index is 11.1. The van der Waals surface area contributed by atoms with Gasteiger partial charge in [0.05, 0.1) is 4.21 Å². The topological polar surface area (TPSA) is 17.1 Å². The summed E-state index contributed by atoms with van der Waals surface area (Å²) in [4.78, 5) is 10.5. The smallest absolute Gasteiger partial charge is 0.211 e. The number of alkyl halides is 2. The number of halogens is 2. The SMILES string of the molecule is O=C1SC2(Cl)CCC1(Cl)C2. The van der Waals surface area contributed by atoms with Crippen LogP contribution in [0.2, 0.25) is 0 Å². The van der Waals surface area contributed by atoms with E-state index in [1.165, 1.54) is 11.8 Å². The summed E-state index contributed by atoms with van der Waals surface area (Å²) in [5.74, 6) is 0. The number of carbonyl (C=O) groups is 1. The molecule has 1 nitrogen and oxygen atoms in total. The van der Waals surface area contributed by atoms with Crippen molar-refractivity contribution >= 4 is 40.1 Å². The van der Waals surface area contributed by atoms with Crippen LogP contribution in [0.4, 0.5) is 0 Å². The normalized spacial score (nSPS) is 52.4. The van der Waals surface area contributed by atoms with Crippen molar-refractivity contribution < 1.29 is 4.79 Å². The third-order valence-corrected chi connectivity index (χ3v) is 4.53. The molecule has 1 aliphatic heterocycles. The standard InChI is InChI=1S/C6H6Cl2OS/c7-5-1-2-6(8,3-5)10-4(5)9/h1-3H2. The molecule has 0 aromatic heterocycles. The Morgan fingerprint density at radius 1 is 1.40 bits per heavy atom. The zero-order valence-corrected chi connectivity index (χ0v) is 7.52. The first kappa shape index (κ1) is 7.26. The van der Waals surface area contributed by atoms with Crippen LogP contribution in [-0.2, 0) is 4.79 Å². The fourth-order valence-electron chi connectivity index (χ4n) is 1.50. The summed E-state index contributed by atoms with van der Waals surface area (Å²) in [6.07, 6.45) is 2.27. The highest BCUT2D eigenvalue weighted by Gasteiger charge is 2.59. The predicted molar refractivity (Wildman–Crippen MR) is 43.6 cm³/mol. The third kappa shape index (κ3) is 0.821. The van der Waals surface area contributed by atoms with Gasteiger partial charge in [0.1, 0.15) is 4.87 Å². The molecule has 2 atom stereocenters. The van der Waals surface area contributed by atoms with E-state index in [1.54, 1.807) is 0 Å². The maximum Gasteiger partial charge on any atom is 0.211 e. The number of hydrogen-bond acceptors (Lipinski definition) is 2. The highest BCUT2D eigenvalue weighted by molar-refractivity contribution is 8.16. The number of rotatable bonds is 0. The minimum Gasteiger partial charge on any atom is -0.285 e. The van der Waals surface area contributed by atoms with Crippen LogP contribution in [-0.4, -0.2) is 14.2 Å². The van der Waals surface area contributed by atoms with E-state index in [2.05, 4.69) is 0 Å². The molecular weight excluding hydrogens is 191 g/mol. The van der Waals surface area contributed by atoms with Crippen LogP contribution in [0.5, 0.6) is 0 Å². The first-order valence-electron chi connectivity index (χ1n) is 3.15. The summed E-state index contributed by atoms with van der Waals surface area (Å²) in [6, 6.07) is 0. The molecule has 10 heavy (non-hydrogen) atoms. The molecule has 0 spiro atoms. The lowest BCUT2D eigenvalue weighted by atomic mass is 10.1. The van der Waals surface area contributed by atoms with Crippen molar-refractivity contribution in [3.63, 3.8) is 0 Å². The van der Waals surface area contributed by atoms with Crippen molar-refractivity contribution in [2.45, 2.75) is 28.3 Å². The average Bonchev–Trinajstić information content (AvgIpc) is 2.17. The molecule has 4 heteroatoms. The second kappa shape index (κ2) is 1.85. The van der Waals surface area contributed by atoms with E-state index in [-0.39, 0.29) is 9.32 Å². The van der Waals surface area contributed by atoms with Crippen molar-refractivity contribution in [3.8, 4) is 0 Å². The van der Waals surface area contributed by atoms with Crippen molar-refractivity contribution in [2.75, 3.05) is 0 Å². The van der Waals surface area contributed by atoms with E-state index in [1.807, 2.05) is 0 Å². The zero-order chi connectivity index (χ0) is 7.41. The van der Waals surface area contributed by atoms with Gasteiger partial charge in [-0.05, 0) is 12.8 Å². The first-order chi connectivity index (χ1) is 4.54. The molecule has 1 heterocycles. The molecule has 0 N–H and O–H groups in total. The lowest BCUT2D eigenvalue weighted by molar-refractivity contribution is -0.112. The molecule has 1 saturated carbocycles. The summed E-state index contributed by atoms with van der Waals surface area (Å²) in [6.45, 7) is 0. The first-order valence-corrected chi connectivity index (χ1v) is 4.73. The number of fused-ring (bicyclic) bond motifs is 2. The highest BCUT2D eigenvalue weighted by atomic mass is 35.5. The van der Waals surface area contributed by atoms with Gasteiger partial charge in [-0.3, -0.25) is 4.79 Å². The highest BCUT2D eigenvalue weighted by Crippen LogP contribution is 2.61. The van der Waals surface area contributed by atoms with Gasteiger partial charge >= 0.3 is 0 Å². The molecule has 0 aromatic rings. The van der Waals surface area contributed by atoms with Crippen LogP contribution in [0.3, 0.4) is 0 Å². The van der Waals surface area contributed by atoms with Gasteiger partial charge in [0, 0.05) is 6.42 Å². The Balaban J connectivity index is 2.36. The molecule has 2 aliphatic rings. The van der Waals surface area contributed by atoms with Gasteiger partial charge in [0.15, 0.2) is 0 Å². The van der Waals surface area contributed by atoms with Crippen molar-refractivity contribution in [3.05, 3.63) is 0 Å². The van der Waals surface area contributed by atoms with E-state index < -0.39 is 4.87 Å². The molecule has 0 amide bonds. The van der Waals surface area contributed by atoms with Crippen molar-refractivity contribution in [1.82, 2.24) is 0 Å². The summed E-state index contributed by atoms with van der Waals surface area (Å²) in [7, 11) is 0. The summed E-state index contributed by atoms with van der Waals surface area (Å²) in [5, 5.41) is 0.0652. The average molecular weight is 197 g/mol. The number of hydrogen-bond donors (Lipinski definition) is 0. The lowest BCUT2D eigenvalue weighted by Crippen LogP contribution is -2.23. The van der Waals surface area contributed by atoms with Gasteiger partial charge in [0.25, 0.3) is 0 Å². The van der Waals surface area contributed by atoms with Gasteiger partial charge in [-0.1, -0.05) is 11.8 Å². The summed E-state index contributed by atoms with van der Waals surface area (Å²) >= 11 is 13.2. The fraction of sp³-hybridized carbons (Fsp3) is 0.833. The van der Waals surface area contributed by atoms with Gasteiger partial charge in [0.2, 0.25) is 5.12 Å². The van der Waals surface area contributed by atoms with Gasteiger partial charge in [-0.25, -0.2) is 0 Å². The molecule has 2 rings (SSSR count). The Morgan fingerprint density at radius 2 is 2.10 bits per heavy atom.